The van der Waals surface area contributed by atoms with Gasteiger partial charge in [-0.2, -0.15) is 5.26 Å². The molecule has 0 unspecified atom stereocenters. The van der Waals surface area contributed by atoms with Gasteiger partial charge in [-0.25, -0.2) is 16.8 Å². The van der Waals surface area contributed by atoms with Gasteiger partial charge in [-0.1, -0.05) is 26.0 Å². The Morgan fingerprint density at radius 3 is 1.50 bits per heavy atom. The summed E-state index contributed by atoms with van der Waals surface area (Å²) in [4.78, 5) is 10.9. The molecule has 0 heterocycles. The van der Waals surface area contributed by atoms with Gasteiger partial charge in [-0.15, -0.1) is 0 Å². The van der Waals surface area contributed by atoms with E-state index in [1.807, 2.05) is 19.9 Å². The number of hydrogen-bond acceptors (Lipinski definition) is 6. The minimum absolute atomic E-state index is 0.146. The van der Waals surface area contributed by atoms with Crippen LogP contribution >= 0.6 is 0 Å². The van der Waals surface area contributed by atoms with Crippen LogP contribution < -0.4 is 0 Å². The second-order valence-corrected chi connectivity index (χ2v) is 10.2. The van der Waals surface area contributed by atoms with E-state index in [1.165, 1.54) is 48.5 Å². The van der Waals surface area contributed by atoms with Crippen LogP contribution in [0, 0.1) is 11.3 Å². The number of benzene rings is 2. The molecule has 0 bridgehead atoms. The molecule has 2 aromatic rings. The maximum Gasteiger partial charge on any atom is 0.178 e. The van der Waals surface area contributed by atoms with Gasteiger partial charge in [0.2, 0.25) is 0 Å². The van der Waals surface area contributed by atoms with E-state index in [4.69, 9.17) is 5.26 Å². The lowest BCUT2D eigenvalue weighted by atomic mass is 10.2. The van der Waals surface area contributed by atoms with Gasteiger partial charge < -0.3 is 0 Å². The molecule has 0 aliphatic heterocycles. The molecule has 2 aromatic carbocycles. The summed E-state index contributed by atoms with van der Waals surface area (Å²) in [7, 11) is -6.30. The highest BCUT2D eigenvalue weighted by molar-refractivity contribution is 7.91. The zero-order valence-corrected chi connectivity index (χ0v) is 17.5. The maximum atomic E-state index is 11.5. The fourth-order valence-corrected chi connectivity index (χ4v) is 4.91. The molecular formula is C20H23NO5S2. The molecule has 0 saturated heterocycles. The van der Waals surface area contributed by atoms with Crippen molar-refractivity contribution in [2.75, 3.05) is 11.5 Å². The smallest absolute Gasteiger partial charge is 0.178 e. The number of hydrogen-bond donors (Lipinski definition) is 0. The van der Waals surface area contributed by atoms with Crippen molar-refractivity contribution >= 4 is 26.0 Å². The summed E-state index contributed by atoms with van der Waals surface area (Å²) in [6.07, 6.45) is 1.89. The summed E-state index contributed by atoms with van der Waals surface area (Å²) in [5.74, 6) is 0.298. The van der Waals surface area contributed by atoms with E-state index in [0.29, 0.717) is 35.2 Å². The van der Waals surface area contributed by atoms with Gasteiger partial charge in [0.1, 0.15) is 6.29 Å². The second kappa shape index (κ2) is 10.7. The summed E-state index contributed by atoms with van der Waals surface area (Å²) in [6, 6.07) is 13.9. The first-order valence-electron chi connectivity index (χ1n) is 8.71. The Bertz CT molecular complexity index is 1020. The Hall–Kier alpha value is -2.50. The molecule has 0 aliphatic carbocycles. The molecular weight excluding hydrogens is 398 g/mol. The number of carbonyl (C=O) groups is 1. The van der Waals surface area contributed by atoms with E-state index in [9.17, 15) is 21.6 Å². The molecule has 0 spiro atoms. The van der Waals surface area contributed by atoms with E-state index < -0.39 is 19.7 Å². The molecule has 0 fully saturated rings. The van der Waals surface area contributed by atoms with Crippen molar-refractivity contribution < 1.29 is 21.6 Å². The summed E-state index contributed by atoms with van der Waals surface area (Å²) in [5, 5.41) is 8.54. The third kappa shape index (κ3) is 6.91. The quantitative estimate of drug-likeness (QED) is 0.634. The molecule has 0 atom stereocenters. The summed E-state index contributed by atoms with van der Waals surface area (Å²) < 4.78 is 46.2. The molecule has 0 aromatic heterocycles. The fourth-order valence-electron chi connectivity index (χ4n) is 2.26. The van der Waals surface area contributed by atoms with E-state index in [1.54, 1.807) is 0 Å². The van der Waals surface area contributed by atoms with Crippen LogP contribution in [0.25, 0.3) is 0 Å². The monoisotopic (exact) mass is 421 g/mol. The molecule has 28 heavy (non-hydrogen) atoms. The van der Waals surface area contributed by atoms with Gasteiger partial charge in [0, 0.05) is 5.56 Å². The standard InChI is InChI=1S/C10H11NO2S.C10H12O3S/c2*1-2-7-14(12,13)10-5-3-9(8-11)4-6-10/h3-6H,2,7H2,1H3;3-6,8H,2,7H2,1H3. The lowest BCUT2D eigenvalue weighted by Crippen LogP contribution is -2.05. The molecule has 0 saturated carbocycles. The Labute approximate surface area is 166 Å². The van der Waals surface area contributed by atoms with Crippen molar-refractivity contribution in [3.63, 3.8) is 0 Å². The molecule has 150 valence electrons. The van der Waals surface area contributed by atoms with E-state index in [0.717, 1.165) is 0 Å². The molecule has 0 amide bonds. The average molecular weight is 422 g/mol. The average Bonchev–Trinajstić information content (AvgIpc) is 2.68. The molecule has 0 N–H and O–H groups in total. The highest BCUT2D eigenvalue weighted by Crippen LogP contribution is 2.13. The molecule has 6 nitrogen and oxygen atoms in total. The highest BCUT2D eigenvalue weighted by Gasteiger charge is 2.12. The van der Waals surface area contributed by atoms with E-state index in [2.05, 4.69) is 0 Å². The van der Waals surface area contributed by atoms with Gasteiger partial charge in [0.15, 0.2) is 19.7 Å². The van der Waals surface area contributed by atoms with Crippen molar-refractivity contribution in [2.24, 2.45) is 0 Å². The second-order valence-electron chi connectivity index (χ2n) is 5.96. The van der Waals surface area contributed by atoms with Crippen LogP contribution in [0.1, 0.15) is 42.6 Å². The fraction of sp³-hybridized carbons (Fsp3) is 0.300. The minimum atomic E-state index is -3.15. The predicted octanol–water partition coefficient (Wildman–Crippen LogP) is 3.42. The molecule has 0 radical (unpaired) electrons. The predicted molar refractivity (Wildman–Crippen MR) is 108 cm³/mol. The topological polar surface area (TPSA) is 109 Å². The summed E-state index contributed by atoms with van der Waals surface area (Å²) in [6.45, 7) is 3.64. The van der Waals surface area contributed by atoms with Crippen molar-refractivity contribution in [3.8, 4) is 6.07 Å². The zero-order chi connectivity index (χ0) is 21.2. The first-order chi connectivity index (χ1) is 13.2. The minimum Gasteiger partial charge on any atom is -0.298 e. The lowest BCUT2D eigenvalue weighted by molar-refractivity contribution is 0.112. The van der Waals surface area contributed by atoms with Gasteiger partial charge in [-0.3, -0.25) is 4.79 Å². The first-order valence-corrected chi connectivity index (χ1v) is 12.0. The number of aldehydes is 1. The number of sulfone groups is 2. The van der Waals surface area contributed by atoms with Crippen LogP contribution in [0.15, 0.2) is 58.3 Å². The number of rotatable bonds is 7. The third-order valence-corrected chi connectivity index (χ3v) is 7.54. The van der Waals surface area contributed by atoms with Crippen LogP contribution in [0.2, 0.25) is 0 Å². The highest BCUT2D eigenvalue weighted by atomic mass is 32.2. The number of nitriles is 1. The molecule has 8 heteroatoms. The first kappa shape index (κ1) is 23.5. The normalized spacial score (nSPS) is 11.0. The lowest BCUT2D eigenvalue weighted by Gasteiger charge is -2.01. The third-order valence-electron chi connectivity index (χ3n) is 3.66. The van der Waals surface area contributed by atoms with Crippen molar-refractivity contribution in [2.45, 2.75) is 36.5 Å². The van der Waals surface area contributed by atoms with Gasteiger partial charge in [0.05, 0.1) is 32.9 Å². The van der Waals surface area contributed by atoms with Crippen LogP contribution in [-0.2, 0) is 19.7 Å². The van der Waals surface area contributed by atoms with Crippen molar-refractivity contribution in [1.82, 2.24) is 0 Å². The van der Waals surface area contributed by atoms with E-state index >= 15 is 0 Å². The number of carbonyl (C=O) groups excluding carboxylic acids is 1. The van der Waals surface area contributed by atoms with Crippen molar-refractivity contribution in [1.29, 1.82) is 5.26 Å². The Morgan fingerprint density at radius 2 is 1.18 bits per heavy atom. The Kier molecular flexibility index (Phi) is 9.03. The zero-order valence-electron chi connectivity index (χ0n) is 15.8. The van der Waals surface area contributed by atoms with Crippen molar-refractivity contribution in [3.05, 3.63) is 59.7 Å². The van der Waals surface area contributed by atoms with Gasteiger partial charge in [0.25, 0.3) is 0 Å². The maximum absolute atomic E-state index is 11.5. The van der Waals surface area contributed by atoms with Crippen LogP contribution in [0.5, 0.6) is 0 Å². The van der Waals surface area contributed by atoms with Crippen LogP contribution in [0.4, 0.5) is 0 Å². The molecule has 0 aliphatic rings. The van der Waals surface area contributed by atoms with Gasteiger partial charge >= 0.3 is 0 Å². The Balaban J connectivity index is 0.000000280. The number of nitrogens with zero attached hydrogens (tertiary/aromatic N) is 1. The Morgan fingerprint density at radius 1 is 0.786 bits per heavy atom. The van der Waals surface area contributed by atoms with E-state index in [-0.39, 0.29) is 16.4 Å². The van der Waals surface area contributed by atoms with Gasteiger partial charge in [-0.05, 0) is 49.2 Å². The SMILES string of the molecule is CCCS(=O)(=O)c1ccc(C#N)cc1.CCCS(=O)(=O)c1ccc(C=O)cc1. The molecule has 2 rings (SSSR count). The largest absolute Gasteiger partial charge is 0.298 e. The van der Waals surface area contributed by atoms with Crippen LogP contribution in [0.3, 0.4) is 0 Å². The summed E-state index contributed by atoms with van der Waals surface area (Å²) >= 11 is 0. The summed E-state index contributed by atoms with van der Waals surface area (Å²) in [5.41, 5.74) is 0.959. The van der Waals surface area contributed by atoms with Crippen LogP contribution in [-0.4, -0.2) is 34.6 Å².